The number of imide groups is 1. The summed E-state index contributed by atoms with van der Waals surface area (Å²) in [4.78, 5) is 42.5. The summed E-state index contributed by atoms with van der Waals surface area (Å²) in [5.74, 6) is -1.54. The summed E-state index contributed by atoms with van der Waals surface area (Å²) in [6.07, 6.45) is 5.64. The third-order valence-electron chi connectivity index (χ3n) is 7.43. The maximum atomic E-state index is 13.8. The third kappa shape index (κ3) is 4.69. The Bertz CT molecular complexity index is 1770. The molecule has 2 N–H and O–H groups in total. The fourth-order valence-electron chi connectivity index (χ4n) is 5.35. The van der Waals surface area contributed by atoms with Gasteiger partial charge in [-0.05, 0) is 48.9 Å². The first-order chi connectivity index (χ1) is 20.0. The highest BCUT2D eigenvalue weighted by atomic mass is 16.3. The molecular weight excluding hydrogens is 518 g/mol. The van der Waals surface area contributed by atoms with Crippen molar-refractivity contribution in [3.63, 3.8) is 0 Å². The second kappa shape index (κ2) is 10.8. The van der Waals surface area contributed by atoms with E-state index in [4.69, 9.17) is 0 Å². The van der Waals surface area contributed by atoms with Gasteiger partial charge in [0.25, 0.3) is 11.8 Å². The molecule has 206 valence electrons. The second-order valence-corrected chi connectivity index (χ2v) is 10.2. The monoisotopic (exact) mass is 547 g/mol. The van der Waals surface area contributed by atoms with Gasteiger partial charge in [0.15, 0.2) is 5.75 Å². The summed E-state index contributed by atoms with van der Waals surface area (Å²) in [7, 11) is 0. The first-order valence-corrected chi connectivity index (χ1v) is 13.9. The molecule has 0 unspecified atom stereocenters. The van der Waals surface area contributed by atoms with Crippen LogP contribution in [0, 0.1) is 0 Å². The normalized spacial score (nSPS) is 12.9. The van der Waals surface area contributed by atoms with E-state index >= 15 is 0 Å². The summed E-state index contributed by atoms with van der Waals surface area (Å²) in [6, 6.07) is 20.5. The van der Waals surface area contributed by atoms with Crippen molar-refractivity contribution in [1.82, 2.24) is 15.0 Å². The molecule has 4 aromatic carbocycles. The highest BCUT2D eigenvalue weighted by Crippen LogP contribution is 2.40. The van der Waals surface area contributed by atoms with Crippen LogP contribution in [-0.4, -0.2) is 37.8 Å². The minimum Gasteiger partial charge on any atom is -0.504 e. The number of phenolic OH excluding ortho intramolecular Hbond substituents is 1. The van der Waals surface area contributed by atoms with E-state index < -0.39 is 11.8 Å². The van der Waals surface area contributed by atoms with Gasteiger partial charge < -0.3 is 10.4 Å². The number of nitrogens with zero attached hydrogens (tertiary/aromatic N) is 4. The molecule has 41 heavy (non-hydrogen) atoms. The number of fused-ring (bicyclic) bond motifs is 1. The number of amides is 3. The summed E-state index contributed by atoms with van der Waals surface area (Å²) >= 11 is 0. The SMILES string of the molecule is CCCCCCCC(=O)Nc1ccc2c3c(cccc13)C(=O)N(c1cccc(-n3nc4ccccc4n3)c1O)C2=O. The number of unbranched alkanes of at least 4 members (excludes halogenated alkanes) is 4. The van der Waals surface area contributed by atoms with Gasteiger partial charge in [-0.1, -0.05) is 62.9 Å². The van der Waals surface area contributed by atoms with Crippen LogP contribution < -0.4 is 10.2 Å². The standard InChI is InChI=1S/C32H29N5O4/c1-2-3-4-5-6-17-28(38)33-23-19-18-22-29-20(23)11-9-12-21(29)31(40)36(32(22)41)26-15-10-16-27(30(26)39)37-34-24-13-7-8-14-25(24)35-37/h7-16,18-19,39H,2-6,17H2,1H3,(H,33,38). The van der Waals surface area contributed by atoms with Crippen LogP contribution in [0.5, 0.6) is 5.75 Å². The maximum absolute atomic E-state index is 13.8. The van der Waals surface area contributed by atoms with Gasteiger partial charge in [0.2, 0.25) is 5.91 Å². The Hall–Kier alpha value is -5.05. The number of para-hydroxylation sites is 1. The van der Waals surface area contributed by atoms with E-state index in [0.29, 0.717) is 45.0 Å². The summed E-state index contributed by atoms with van der Waals surface area (Å²) < 4.78 is 0. The van der Waals surface area contributed by atoms with Crippen LogP contribution in [0.2, 0.25) is 0 Å². The van der Waals surface area contributed by atoms with Gasteiger partial charge >= 0.3 is 0 Å². The van der Waals surface area contributed by atoms with E-state index in [1.165, 1.54) is 10.9 Å². The largest absolute Gasteiger partial charge is 0.504 e. The smallest absolute Gasteiger partial charge is 0.266 e. The minimum atomic E-state index is -0.571. The lowest BCUT2D eigenvalue weighted by Crippen LogP contribution is -2.40. The molecule has 1 aromatic heterocycles. The van der Waals surface area contributed by atoms with Gasteiger partial charge in [-0.2, -0.15) is 0 Å². The van der Waals surface area contributed by atoms with Crippen LogP contribution >= 0.6 is 0 Å². The summed E-state index contributed by atoms with van der Waals surface area (Å²) in [5.41, 5.74) is 2.71. The number of anilines is 2. The Morgan fingerprint density at radius 3 is 2.17 bits per heavy atom. The molecule has 6 rings (SSSR count). The van der Waals surface area contributed by atoms with Crippen molar-refractivity contribution in [2.45, 2.75) is 45.4 Å². The predicted molar refractivity (Wildman–Crippen MR) is 158 cm³/mol. The molecule has 1 aliphatic heterocycles. The quantitative estimate of drug-likeness (QED) is 0.163. The number of phenols is 1. The van der Waals surface area contributed by atoms with Crippen molar-refractivity contribution in [2.24, 2.45) is 0 Å². The van der Waals surface area contributed by atoms with E-state index in [1.54, 1.807) is 54.6 Å². The number of carbonyl (C=O) groups is 3. The van der Waals surface area contributed by atoms with E-state index in [9.17, 15) is 19.5 Å². The molecule has 0 aliphatic carbocycles. The Morgan fingerprint density at radius 1 is 0.780 bits per heavy atom. The van der Waals surface area contributed by atoms with Crippen LogP contribution in [0.4, 0.5) is 11.4 Å². The molecule has 0 saturated heterocycles. The van der Waals surface area contributed by atoms with Crippen LogP contribution in [0.3, 0.4) is 0 Å². The van der Waals surface area contributed by atoms with Gasteiger partial charge in [-0.25, -0.2) is 4.90 Å². The Morgan fingerprint density at radius 2 is 1.44 bits per heavy atom. The number of carbonyl (C=O) groups excluding carboxylic acids is 3. The third-order valence-corrected chi connectivity index (χ3v) is 7.43. The molecule has 0 fully saturated rings. The van der Waals surface area contributed by atoms with Crippen molar-refractivity contribution in [2.75, 3.05) is 10.2 Å². The van der Waals surface area contributed by atoms with Gasteiger partial charge in [0, 0.05) is 34.0 Å². The van der Waals surface area contributed by atoms with E-state index in [0.717, 1.165) is 37.0 Å². The number of hydrogen-bond donors (Lipinski definition) is 2. The molecule has 3 amide bonds. The Kier molecular flexibility index (Phi) is 6.93. The number of hydrogen-bond acceptors (Lipinski definition) is 6. The number of aromatic hydroxyl groups is 1. The molecule has 5 aromatic rings. The van der Waals surface area contributed by atoms with Gasteiger partial charge in [-0.3, -0.25) is 14.4 Å². The van der Waals surface area contributed by atoms with Gasteiger partial charge in [-0.15, -0.1) is 15.0 Å². The highest BCUT2D eigenvalue weighted by Gasteiger charge is 2.36. The molecule has 0 saturated carbocycles. The number of rotatable bonds is 9. The minimum absolute atomic E-state index is 0.0296. The maximum Gasteiger partial charge on any atom is 0.266 e. The van der Waals surface area contributed by atoms with Gasteiger partial charge in [0.05, 0.1) is 5.69 Å². The number of nitrogens with one attached hydrogen (secondary N) is 1. The average molecular weight is 548 g/mol. The summed E-state index contributed by atoms with van der Waals surface area (Å²) in [5, 5.41) is 24.2. The molecular formula is C32H29N5O4. The lowest BCUT2D eigenvalue weighted by atomic mass is 9.92. The zero-order chi connectivity index (χ0) is 28.5. The molecule has 2 heterocycles. The Labute approximate surface area is 236 Å². The van der Waals surface area contributed by atoms with E-state index in [2.05, 4.69) is 22.4 Å². The predicted octanol–water partition coefficient (Wildman–Crippen LogP) is 6.38. The fourth-order valence-corrected chi connectivity index (χ4v) is 5.35. The zero-order valence-corrected chi connectivity index (χ0v) is 22.6. The van der Waals surface area contributed by atoms with Crippen LogP contribution in [0.1, 0.15) is 66.2 Å². The van der Waals surface area contributed by atoms with Crippen molar-refractivity contribution in [1.29, 1.82) is 0 Å². The molecule has 0 bridgehead atoms. The van der Waals surface area contributed by atoms with E-state index in [-0.39, 0.29) is 23.0 Å². The van der Waals surface area contributed by atoms with Crippen molar-refractivity contribution >= 4 is 50.9 Å². The highest BCUT2D eigenvalue weighted by molar-refractivity contribution is 6.37. The molecule has 9 heteroatoms. The zero-order valence-electron chi connectivity index (χ0n) is 22.6. The lowest BCUT2D eigenvalue weighted by molar-refractivity contribution is -0.116. The molecule has 0 radical (unpaired) electrons. The van der Waals surface area contributed by atoms with Crippen molar-refractivity contribution in [3.8, 4) is 11.4 Å². The molecule has 0 atom stereocenters. The molecule has 9 nitrogen and oxygen atoms in total. The Balaban J connectivity index is 1.33. The van der Waals surface area contributed by atoms with Crippen molar-refractivity contribution < 1.29 is 19.5 Å². The van der Waals surface area contributed by atoms with Crippen LogP contribution in [-0.2, 0) is 4.79 Å². The molecule has 1 aliphatic rings. The number of aromatic nitrogens is 3. The molecule has 0 spiro atoms. The average Bonchev–Trinajstić information content (AvgIpc) is 3.41. The van der Waals surface area contributed by atoms with E-state index in [1.807, 2.05) is 12.1 Å². The van der Waals surface area contributed by atoms with Crippen molar-refractivity contribution in [3.05, 3.63) is 83.9 Å². The van der Waals surface area contributed by atoms with Gasteiger partial charge in [0.1, 0.15) is 16.7 Å². The fraction of sp³-hybridized carbons (Fsp3) is 0.219. The number of benzene rings is 4. The lowest BCUT2D eigenvalue weighted by Gasteiger charge is -2.28. The topological polar surface area (TPSA) is 117 Å². The first kappa shape index (κ1) is 26.2. The first-order valence-electron chi connectivity index (χ1n) is 13.9. The second-order valence-electron chi connectivity index (χ2n) is 10.2. The van der Waals surface area contributed by atoms with Crippen LogP contribution in [0.15, 0.2) is 72.8 Å². The summed E-state index contributed by atoms with van der Waals surface area (Å²) in [6.45, 7) is 2.15. The van der Waals surface area contributed by atoms with Crippen LogP contribution in [0.25, 0.3) is 27.5 Å².